The number of aliphatic hydroxyl groups is 1. The summed E-state index contributed by atoms with van der Waals surface area (Å²) in [5.41, 5.74) is 3.29. The van der Waals surface area contributed by atoms with Crippen LogP contribution < -0.4 is 0 Å². The molecule has 6 rings (SSSR count). The molecule has 5 atom stereocenters. The number of aromatic amines is 1. The van der Waals surface area contributed by atoms with Crippen molar-refractivity contribution in [3.63, 3.8) is 0 Å². The molecule has 3 saturated heterocycles. The predicted octanol–water partition coefficient (Wildman–Crippen LogP) is 2.32. The molecule has 5 heterocycles. The van der Waals surface area contributed by atoms with Crippen LogP contribution >= 0.6 is 0 Å². The number of fused-ring (bicyclic) bond motifs is 4. The maximum atomic E-state index is 12.6. The number of hydrogen-bond acceptors (Lipinski definition) is 4. The van der Waals surface area contributed by atoms with Gasteiger partial charge in [0.15, 0.2) is 5.60 Å². The third-order valence-electron chi connectivity index (χ3n) is 6.57. The molecular weight excluding hydrogens is 316 g/mol. The van der Waals surface area contributed by atoms with E-state index in [4.69, 9.17) is 4.74 Å². The Morgan fingerprint density at radius 3 is 3.00 bits per heavy atom. The molecule has 3 fully saturated rings. The van der Waals surface area contributed by atoms with Gasteiger partial charge in [-0.15, -0.1) is 0 Å². The molecule has 0 aliphatic carbocycles. The zero-order chi connectivity index (χ0) is 17.3. The summed E-state index contributed by atoms with van der Waals surface area (Å²) in [5.74, 6) is -0.683. The van der Waals surface area contributed by atoms with Gasteiger partial charge in [0.05, 0.1) is 19.2 Å². The Hall–Kier alpha value is -2.11. The number of aromatic nitrogens is 1. The molecular formula is C20H22N2O3. The van der Waals surface area contributed by atoms with Crippen LogP contribution in [0.25, 0.3) is 10.9 Å². The summed E-state index contributed by atoms with van der Waals surface area (Å²) in [6, 6.07) is 8.27. The fourth-order valence-corrected chi connectivity index (χ4v) is 5.43. The van der Waals surface area contributed by atoms with E-state index in [1.165, 1.54) is 23.8 Å². The van der Waals surface area contributed by atoms with Crippen LogP contribution in [0.3, 0.4) is 0 Å². The lowest BCUT2D eigenvalue weighted by atomic mass is 9.61. The van der Waals surface area contributed by atoms with Gasteiger partial charge < -0.3 is 14.8 Å². The van der Waals surface area contributed by atoms with Crippen LogP contribution in [-0.4, -0.2) is 46.3 Å². The molecule has 130 valence electrons. The number of ether oxygens (including phenoxy) is 1. The van der Waals surface area contributed by atoms with E-state index in [0.29, 0.717) is 6.42 Å². The van der Waals surface area contributed by atoms with Crippen LogP contribution in [0.1, 0.15) is 30.6 Å². The van der Waals surface area contributed by atoms with Crippen molar-refractivity contribution in [3.8, 4) is 0 Å². The number of esters is 1. The molecule has 2 N–H and O–H groups in total. The fourth-order valence-electron chi connectivity index (χ4n) is 5.43. The Kier molecular flexibility index (Phi) is 3.01. The fraction of sp³-hybridized carbons (Fsp3) is 0.450. The Bertz CT molecular complexity index is 915. The van der Waals surface area contributed by atoms with Crippen LogP contribution in [0.2, 0.25) is 0 Å². The van der Waals surface area contributed by atoms with Gasteiger partial charge in [0.1, 0.15) is 0 Å². The topological polar surface area (TPSA) is 65.6 Å². The van der Waals surface area contributed by atoms with Crippen molar-refractivity contribution in [3.05, 3.63) is 47.2 Å². The van der Waals surface area contributed by atoms with Gasteiger partial charge in [-0.3, -0.25) is 4.90 Å². The quantitative estimate of drug-likeness (QED) is 0.619. The zero-order valence-electron chi connectivity index (χ0n) is 14.5. The van der Waals surface area contributed by atoms with Crippen molar-refractivity contribution < 1.29 is 14.6 Å². The van der Waals surface area contributed by atoms with Crippen molar-refractivity contribution in [1.29, 1.82) is 0 Å². The zero-order valence-corrected chi connectivity index (χ0v) is 14.5. The number of rotatable bonds is 1. The second kappa shape index (κ2) is 4.96. The molecule has 25 heavy (non-hydrogen) atoms. The lowest BCUT2D eigenvalue weighted by Gasteiger charge is -2.60. The molecule has 0 amide bonds. The molecule has 4 bridgehead atoms. The van der Waals surface area contributed by atoms with Crippen molar-refractivity contribution in [2.24, 2.45) is 5.92 Å². The van der Waals surface area contributed by atoms with Gasteiger partial charge in [-0.2, -0.15) is 0 Å². The first-order valence-corrected chi connectivity index (χ1v) is 8.90. The van der Waals surface area contributed by atoms with Crippen LogP contribution in [0.5, 0.6) is 0 Å². The number of piperidine rings is 3. The van der Waals surface area contributed by atoms with E-state index >= 15 is 0 Å². The average molecular weight is 338 g/mol. The third kappa shape index (κ3) is 1.72. The smallest absolute Gasteiger partial charge is 0.340 e. The largest absolute Gasteiger partial charge is 0.467 e. The molecule has 4 aliphatic heterocycles. The summed E-state index contributed by atoms with van der Waals surface area (Å²) in [6.45, 7) is 2.80. The number of H-pyrrole nitrogens is 1. The molecule has 4 aliphatic rings. The number of methoxy groups -OCH3 is 1. The number of nitrogens with zero attached hydrogens (tertiary/aromatic N) is 1. The second-order valence-electron chi connectivity index (χ2n) is 7.44. The van der Waals surface area contributed by atoms with E-state index in [0.717, 1.165) is 24.1 Å². The van der Waals surface area contributed by atoms with Gasteiger partial charge in [-0.1, -0.05) is 29.8 Å². The third-order valence-corrected chi connectivity index (χ3v) is 6.57. The molecule has 5 heteroatoms. The van der Waals surface area contributed by atoms with Crippen LogP contribution in [0.15, 0.2) is 35.9 Å². The minimum Gasteiger partial charge on any atom is -0.467 e. The Morgan fingerprint density at radius 1 is 1.44 bits per heavy atom. The maximum Gasteiger partial charge on any atom is 0.340 e. The van der Waals surface area contributed by atoms with E-state index < -0.39 is 11.6 Å². The maximum absolute atomic E-state index is 12.6. The Morgan fingerprint density at radius 2 is 2.24 bits per heavy atom. The molecule has 5 nitrogen and oxygen atoms in total. The number of allylic oxidation sites excluding steroid dienone is 1. The second-order valence-corrected chi connectivity index (χ2v) is 7.44. The van der Waals surface area contributed by atoms with Crippen LogP contribution in [-0.2, 0) is 16.0 Å². The number of hydrogen-bond donors (Lipinski definition) is 2. The van der Waals surface area contributed by atoms with Crippen molar-refractivity contribution in [1.82, 2.24) is 9.88 Å². The number of nitrogens with one attached hydrogen (secondary N) is 1. The number of carbonyl (C=O) groups is 1. The predicted molar refractivity (Wildman–Crippen MR) is 94.1 cm³/mol. The Balaban J connectivity index is 1.72. The van der Waals surface area contributed by atoms with Gasteiger partial charge in [0.25, 0.3) is 0 Å². The first-order chi connectivity index (χ1) is 12.1. The first-order valence-electron chi connectivity index (χ1n) is 8.90. The van der Waals surface area contributed by atoms with Gasteiger partial charge in [0.2, 0.25) is 0 Å². The van der Waals surface area contributed by atoms with Gasteiger partial charge in [-0.25, -0.2) is 4.79 Å². The highest BCUT2D eigenvalue weighted by Crippen LogP contribution is 2.55. The molecule has 1 aromatic carbocycles. The summed E-state index contributed by atoms with van der Waals surface area (Å²) >= 11 is 0. The molecule has 2 unspecified atom stereocenters. The van der Waals surface area contributed by atoms with Gasteiger partial charge in [-0.05, 0) is 31.4 Å². The number of para-hydroxylation sites is 1. The molecule has 2 aromatic rings. The van der Waals surface area contributed by atoms with E-state index in [1.807, 2.05) is 25.1 Å². The Labute approximate surface area is 146 Å². The van der Waals surface area contributed by atoms with Crippen LogP contribution in [0.4, 0.5) is 0 Å². The molecule has 0 saturated carbocycles. The lowest BCUT2D eigenvalue weighted by Crippen LogP contribution is -2.72. The highest BCUT2D eigenvalue weighted by Gasteiger charge is 2.64. The summed E-state index contributed by atoms with van der Waals surface area (Å²) in [4.78, 5) is 18.5. The van der Waals surface area contributed by atoms with E-state index in [1.54, 1.807) is 0 Å². The average Bonchev–Trinajstić information content (AvgIpc) is 3.02. The standard InChI is InChI=1S/C20H22N2O3/c1-3-11-10-22-16-9-14(11)20(24,19(23)25-2)17(22)8-13-12-6-4-5-7-15(12)21-18(13)16/h3-7,14,16-17,21,24H,8-10H2,1-2H3/b11-3-/t14-,16+,17+,20?/m1/s1. The molecule has 0 radical (unpaired) electrons. The summed E-state index contributed by atoms with van der Waals surface area (Å²) in [5, 5.41) is 12.7. The van der Waals surface area contributed by atoms with Crippen LogP contribution in [0, 0.1) is 5.92 Å². The lowest BCUT2D eigenvalue weighted by molar-refractivity contribution is -0.199. The number of carbonyl (C=O) groups excluding carboxylic acids is 1. The summed E-state index contributed by atoms with van der Waals surface area (Å²) in [7, 11) is 1.37. The molecule has 0 spiro atoms. The normalized spacial score (nSPS) is 37.3. The number of benzene rings is 1. The van der Waals surface area contributed by atoms with Crippen molar-refractivity contribution >= 4 is 16.9 Å². The van der Waals surface area contributed by atoms with Gasteiger partial charge >= 0.3 is 5.97 Å². The monoisotopic (exact) mass is 338 g/mol. The minimum atomic E-state index is -1.47. The van der Waals surface area contributed by atoms with E-state index in [-0.39, 0.29) is 18.0 Å². The SMILES string of the molecule is C/C=C1/CN2[C@H]3Cc4c([nH]c5ccccc45)[C@@H]2C[C@H]1C3(O)C(=O)OC. The van der Waals surface area contributed by atoms with E-state index in [2.05, 4.69) is 22.0 Å². The minimum absolute atomic E-state index is 0.176. The highest BCUT2D eigenvalue weighted by atomic mass is 16.5. The van der Waals surface area contributed by atoms with E-state index in [9.17, 15) is 9.90 Å². The van der Waals surface area contributed by atoms with Crippen molar-refractivity contribution in [2.75, 3.05) is 13.7 Å². The van der Waals surface area contributed by atoms with Crippen molar-refractivity contribution in [2.45, 2.75) is 37.5 Å². The summed E-state index contributed by atoms with van der Waals surface area (Å²) in [6.07, 6.45) is 3.45. The molecule has 1 aromatic heterocycles. The first kappa shape index (κ1) is 15.2. The van der Waals surface area contributed by atoms with Gasteiger partial charge in [0, 0.05) is 29.1 Å². The highest BCUT2D eigenvalue weighted by molar-refractivity contribution is 5.87. The summed E-state index contributed by atoms with van der Waals surface area (Å²) < 4.78 is 5.04.